The van der Waals surface area contributed by atoms with Gasteiger partial charge in [0, 0.05) is 12.7 Å². The molecule has 1 heterocycles. The van der Waals surface area contributed by atoms with Crippen LogP contribution >= 0.6 is 27.5 Å². The van der Waals surface area contributed by atoms with Gasteiger partial charge in [0.15, 0.2) is 0 Å². The Labute approximate surface area is 132 Å². The molecule has 0 amide bonds. The molecule has 0 saturated carbocycles. The van der Waals surface area contributed by atoms with Crippen molar-refractivity contribution in [3.63, 3.8) is 0 Å². The van der Waals surface area contributed by atoms with Gasteiger partial charge in [0.1, 0.15) is 10.0 Å². The highest BCUT2D eigenvalue weighted by Crippen LogP contribution is 2.23. The monoisotopic (exact) mass is 378 g/mol. The minimum absolute atomic E-state index is 0.117. The first-order valence-electron chi connectivity index (χ1n) is 6.47. The number of halogens is 2. The van der Waals surface area contributed by atoms with Crippen LogP contribution in [0.1, 0.15) is 32.1 Å². The van der Waals surface area contributed by atoms with Gasteiger partial charge < -0.3 is 0 Å². The lowest BCUT2D eigenvalue weighted by atomic mass is 9.97. The predicted octanol–water partition coefficient (Wildman–Crippen LogP) is 3.67. The molecule has 1 aliphatic rings. The summed E-state index contributed by atoms with van der Waals surface area (Å²) >= 11 is 8.93. The van der Waals surface area contributed by atoms with Gasteiger partial charge in [0.05, 0.1) is 4.47 Å². The lowest BCUT2D eigenvalue weighted by Crippen LogP contribution is -2.25. The summed E-state index contributed by atoms with van der Waals surface area (Å²) in [4.78, 5) is 3.95. The third-order valence-electron chi connectivity index (χ3n) is 3.20. The molecule has 0 aromatic carbocycles. The molecule has 1 N–H and O–H groups in total. The highest BCUT2D eigenvalue weighted by atomic mass is 79.9. The fraction of sp³-hybridized carbons (Fsp3) is 0.462. The number of hydrogen-bond acceptors (Lipinski definition) is 3. The van der Waals surface area contributed by atoms with Crippen LogP contribution in [0, 0.1) is 0 Å². The third-order valence-corrected chi connectivity index (χ3v) is 5.77. The quantitative estimate of drug-likeness (QED) is 0.627. The first-order valence-corrected chi connectivity index (χ1v) is 9.13. The molecule has 1 aliphatic carbocycles. The van der Waals surface area contributed by atoms with Crippen molar-refractivity contribution in [2.75, 3.05) is 6.54 Å². The summed E-state index contributed by atoms with van der Waals surface area (Å²) in [5.74, 6) is 0. The molecule has 0 fully saturated rings. The first-order chi connectivity index (χ1) is 9.49. The van der Waals surface area contributed by atoms with E-state index in [0.717, 1.165) is 19.3 Å². The number of aromatic nitrogens is 1. The molecule has 0 atom stereocenters. The van der Waals surface area contributed by atoms with Crippen molar-refractivity contribution in [2.45, 2.75) is 37.0 Å². The Balaban J connectivity index is 1.96. The molecular formula is C13H16BrClN2O2S. The van der Waals surface area contributed by atoms with Crippen LogP contribution in [-0.2, 0) is 10.0 Å². The van der Waals surface area contributed by atoms with Gasteiger partial charge in [0.2, 0.25) is 10.0 Å². The zero-order chi connectivity index (χ0) is 14.6. The van der Waals surface area contributed by atoms with Crippen molar-refractivity contribution in [1.29, 1.82) is 0 Å². The molecule has 0 unspecified atom stereocenters. The van der Waals surface area contributed by atoms with E-state index in [0.29, 0.717) is 11.0 Å². The summed E-state index contributed by atoms with van der Waals surface area (Å²) < 4.78 is 27.3. The smallest absolute Gasteiger partial charge is 0.242 e. The number of nitrogens with one attached hydrogen (secondary N) is 1. The van der Waals surface area contributed by atoms with E-state index in [-0.39, 0.29) is 10.0 Å². The minimum Gasteiger partial charge on any atom is -0.242 e. The number of rotatable bonds is 5. The largest absolute Gasteiger partial charge is 0.242 e. The molecule has 0 radical (unpaired) electrons. The first kappa shape index (κ1) is 15.9. The Hall–Kier alpha value is -0.430. The van der Waals surface area contributed by atoms with Crippen molar-refractivity contribution < 1.29 is 8.42 Å². The fourth-order valence-corrected chi connectivity index (χ4v) is 3.72. The molecule has 0 aliphatic heterocycles. The van der Waals surface area contributed by atoms with Crippen molar-refractivity contribution >= 4 is 37.6 Å². The molecule has 2 rings (SSSR count). The van der Waals surface area contributed by atoms with Gasteiger partial charge in [-0.2, -0.15) is 0 Å². The maximum Gasteiger partial charge on any atom is 0.242 e. The molecule has 110 valence electrons. The van der Waals surface area contributed by atoms with E-state index in [1.807, 2.05) is 0 Å². The van der Waals surface area contributed by atoms with Crippen LogP contribution in [0.4, 0.5) is 0 Å². The predicted molar refractivity (Wildman–Crippen MR) is 83.3 cm³/mol. The van der Waals surface area contributed by atoms with Gasteiger partial charge in [-0.3, -0.25) is 0 Å². The molecule has 0 saturated heterocycles. The third kappa shape index (κ3) is 4.28. The Bertz CT molecular complexity index is 617. The van der Waals surface area contributed by atoms with Gasteiger partial charge in [-0.15, -0.1) is 0 Å². The van der Waals surface area contributed by atoms with Gasteiger partial charge in [0.25, 0.3) is 0 Å². The van der Waals surface area contributed by atoms with E-state index >= 15 is 0 Å². The Morgan fingerprint density at radius 1 is 1.40 bits per heavy atom. The Morgan fingerprint density at radius 2 is 2.20 bits per heavy atom. The van der Waals surface area contributed by atoms with Crippen LogP contribution in [0.25, 0.3) is 0 Å². The zero-order valence-electron chi connectivity index (χ0n) is 10.9. The van der Waals surface area contributed by atoms with E-state index in [1.54, 1.807) is 0 Å². The van der Waals surface area contributed by atoms with Crippen LogP contribution in [-0.4, -0.2) is 19.9 Å². The molecule has 0 spiro atoms. The van der Waals surface area contributed by atoms with E-state index in [9.17, 15) is 8.42 Å². The molecule has 1 aromatic rings. The van der Waals surface area contributed by atoms with Crippen LogP contribution in [0.2, 0.25) is 5.15 Å². The van der Waals surface area contributed by atoms with Crippen molar-refractivity contribution in [1.82, 2.24) is 9.71 Å². The molecule has 0 bridgehead atoms. The van der Waals surface area contributed by atoms with E-state index in [2.05, 4.69) is 31.7 Å². The van der Waals surface area contributed by atoms with Crippen molar-refractivity contribution in [2.24, 2.45) is 0 Å². The summed E-state index contributed by atoms with van der Waals surface area (Å²) in [5, 5.41) is 0.247. The molecule has 20 heavy (non-hydrogen) atoms. The van der Waals surface area contributed by atoms with Crippen LogP contribution in [0.15, 0.2) is 33.3 Å². The summed E-state index contributed by atoms with van der Waals surface area (Å²) in [7, 11) is -3.53. The maximum atomic E-state index is 12.1. The van der Waals surface area contributed by atoms with Crippen LogP contribution < -0.4 is 4.72 Å². The zero-order valence-corrected chi connectivity index (χ0v) is 14.1. The van der Waals surface area contributed by atoms with Crippen molar-refractivity contribution in [3.05, 3.63) is 33.5 Å². The summed E-state index contributed by atoms with van der Waals surface area (Å²) in [6.45, 7) is 0.411. The van der Waals surface area contributed by atoms with E-state index in [4.69, 9.17) is 11.6 Å². The molecular weight excluding hydrogens is 364 g/mol. The lowest BCUT2D eigenvalue weighted by Gasteiger charge is -2.13. The summed E-state index contributed by atoms with van der Waals surface area (Å²) in [6, 6.07) is 1.46. The average molecular weight is 380 g/mol. The van der Waals surface area contributed by atoms with Gasteiger partial charge >= 0.3 is 0 Å². The topological polar surface area (TPSA) is 59.1 Å². The molecule has 7 heteroatoms. The number of pyridine rings is 1. The number of nitrogens with zero attached hydrogens (tertiary/aromatic N) is 1. The normalized spacial score (nSPS) is 16.0. The molecule has 4 nitrogen and oxygen atoms in total. The number of sulfonamides is 1. The summed E-state index contributed by atoms with van der Waals surface area (Å²) in [5.41, 5.74) is 1.34. The second kappa shape index (κ2) is 7.02. The highest BCUT2D eigenvalue weighted by Gasteiger charge is 2.16. The number of hydrogen-bond donors (Lipinski definition) is 1. The Morgan fingerprint density at radius 3 is 2.85 bits per heavy atom. The lowest BCUT2D eigenvalue weighted by molar-refractivity contribution is 0.579. The number of allylic oxidation sites excluding steroid dienone is 1. The summed E-state index contributed by atoms with van der Waals surface area (Å²) in [6.07, 6.45) is 8.87. The standard InChI is InChI=1S/C13H16BrClN2O2S/c14-12-8-11(9-16-13(12)15)20(18,19)17-7-6-10-4-2-1-3-5-10/h4,8-9,17H,1-3,5-7H2. The molecule has 1 aromatic heterocycles. The SMILES string of the molecule is O=S(=O)(NCCC1=CCCCC1)c1cnc(Cl)c(Br)c1. The highest BCUT2D eigenvalue weighted by molar-refractivity contribution is 9.10. The second-order valence-electron chi connectivity index (χ2n) is 4.70. The van der Waals surface area contributed by atoms with E-state index < -0.39 is 10.0 Å². The Kier molecular flexibility index (Phi) is 5.60. The van der Waals surface area contributed by atoms with Gasteiger partial charge in [-0.1, -0.05) is 23.3 Å². The maximum absolute atomic E-state index is 12.1. The fourth-order valence-electron chi connectivity index (χ4n) is 2.11. The van der Waals surface area contributed by atoms with Gasteiger partial charge in [-0.25, -0.2) is 18.1 Å². The van der Waals surface area contributed by atoms with Crippen molar-refractivity contribution in [3.8, 4) is 0 Å². The van der Waals surface area contributed by atoms with Crippen LogP contribution in [0.3, 0.4) is 0 Å². The van der Waals surface area contributed by atoms with Gasteiger partial charge in [-0.05, 0) is 54.1 Å². The van der Waals surface area contributed by atoms with E-state index in [1.165, 1.54) is 30.7 Å². The average Bonchev–Trinajstić information content (AvgIpc) is 2.43. The second-order valence-corrected chi connectivity index (χ2v) is 7.68. The van der Waals surface area contributed by atoms with Crippen LogP contribution in [0.5, 0.6) is 0 Å². The minimum atomic E-state index is -3.53.